The molecule has 0 spiro atoms. The Morgan fingerprint density at radius 3 is 2.61 bits per heavy atom. The number of nitrogen functional groups attached to an aromatic ring is 1. The number of anilines is 1. The van der Waals surface area contributed by atoms with Crippen molar-refractivity contribution in [3.63, 3.8) is 0 Å². The minimum atomic E-state index is -0.243. The highest BCUT2D eigenvalue weighted by molar-refractivity contribution is 5.97. The third-order valence-corrected chi connectivity index (χ3v) is 6.01. The number of rotatable bonds is 6. The summed E-state index contributed by atoms with van der Waals surface area (Å²) in [7, 11) is 0. The highest BCUT2D eigenvalue weighted by Crippen LogP contribution is 2.31. The van der Waals surface area contributed by atoms with Gasteiger partial charge in [0.05, 0.1) is 19.8 Å². The molecule has 4 aromatic rings. The number of amides is 2. The number of nitrogens with zero attached hydrogens (tertiary/aromatic N) is 2. The number of nitrogens with two attached hydrogens (primary N) is 1. The molecule has 1 fully saturated rings. The number of morpholine rings is 1. The Balaban J connectivity index is 1.27. The maximum Gasteiger partial charge on any atom is 0.254 e. The van der Waals surface area contributed by atoms with Crippen molar-refractivity contribution < 1.29 is 18.7 Å². The normalized spacial score (nSPS) is 13.8. The largest absolute Gasteiger partial charge is 0.459 e. The van der Waals surface area contributed by atoms with E-state index in [1.807, 2.05) is 53.4 Å². The van der Waals surface area contributed by atoms with E-state index >= 15 is 0 Å². The number of fused-ring (bicyclic) bond motifs is 1. The average Bonchev–Trinajstić information content (AvgIpc) is 3.35. The van der Waals surface area contributed by atoms with Gasteiger partial charge in [0.25, 0.3) is 5.91 Å². The van der Waals surface area contributed by atoms with Gasteiger partial charge >= 0.3 is 0 Å². The van der Waals surface area contributed by atoms with Crippen molar-refractivity contribution in [3.8, 4) is 11.1 Å². The summed E-state index contributed by atoms with van der Waals surface area (Å²) in [6, 6.07) is 18.9. The quantitative estimate of drug-likeness (QED) is 0.404. The van der Waals surface area contributed by atoms with Crippen molar-refractivity contribution in [1.82, 2.24) is 15.2 Å². The summed E-state index contributed by atoms with van der Waals surface area (Å²) in [4.78, 5) is 30.8. The smallest absolute Gasteiger partial charge is 0.254 e. The number of hydrogen-bond acceptors (Lipinski definition) is 6. The summed E-state index contributed by atoms with van der Waals surface area (Å²) in [5, 5.41) is 3.77. The Hall–Kier alpha value is -4.43. The van der Waals surface area contributed by atoms with Crippen LogP contribution >= 0.6 is 0 Å². The summed E-state index contributed by atoms with van der Waals surface area (Å²) in [6.45, 7) is 2.62. The van der Waals surface area contributed by atoms with Crippen molar-refractivity contribution >= 4 is 34.7 Å². The lowest BCUT2D eigenvalue weighted by Gasteiger charge is -2.26. The molecular formula is C28H26N4O4. The summed E-state index contributed by atoms with van der Waals surface area (Å²) in [6.07, 6.45) is 4.72. The zero-order chi connectivity index (χ0) is 24.9. The van der Waals surface area contributed by atoms with Crippen LogP contribution in [0.5, 0.6) is 0 Å². The Morgan fingerprint density at radius 1 is 1.06 bits per heavy atom. The fourth-order valence-electron chi connectivity index (χ4n) is 4.09. The standard InChI is InChI=1S/C28H26N4O4/c29-25-10-4-19(17-30-25)5-11-26(33)31-18-23-16-22-2-1-3-24(27(22)36-23)20-6-8-21(9-7-20)28(34)32-12-14-35-15-13-32/h1-11,16-17H,12-15,18H2,(H2,29,30)(H,31,33). The molecule has 0 atom stereocenters. The number of benzene rings is 2. The van der Waals surface area contributed by atoms with Gasteiger partial charge in [-0.2, -0.15) is 0 Å². The number of ether oxygens (including phenoxy) is 1. The van der Waals surface area contributed by atoms with Gasteiger partial charge in [-0.25, -0.2) is 4.98 Å². The number of furan rings is 1. The predicted octanol–water partition coefficient (Wildman–Crippen LogP) is 3.88. The summed E-state index contributed by atoms with van der Waals surface area (Å²) in [5.41, 5.74) is 9.62. The van der Waals surface area contributed by atoms with Gasteiger partial charge in [-0.05, 0) is 47.5 Å². The number of nitrogens with one attached hydrogen (secondary N) is 1. The summed E-state index contributed by atoms with van der Waals surface area (Å²) < 4.78 is 11.4. The van der Waals surface area contributed by atoms with E-state index in [0.717, 1.165) is 27.7 Å². The average molecular weight is 483 g/mol. The molecule has 0 aliphatic carbocycles. The van der Waals surface area contributed by atoms with Gasteiger partial charge in [0.2, 0.25) is 5.91 Å². The van der Waals surface area contributed by atoms with Gasteiger partial charge in [0.1, 0.15) is 17.2 Å². The van der Waals surface area contributed by atoms with Gasteiger partial charge in [-0.1, -0.05) is 30.3 Å². The molecule has 0 unspecified atom stereocenters. The van der Waals surface area contributed by atoms with E-state index in [0.29, 0.717) is 43.4 Å². The van der Waals surface area contributed by atoms with Gasteiger partial charge in [-0.3, -0.25) is 9.59 Å². The first kappa shape index (κ1) is 23.3. The van der Waals surface area contributed by atoms with Crippen molar-refractivity contribution in [2.45, 2.75) is 6.54 Å². The third kappa shape index (κ3) is 5.29. The molecule has 1 saturated heterocycles. The molecule has 0 radical (unpaired) electrons. The Morgan fingerprint density at radius 2 is 1.86 bits per heavy atom. The molecule has 0 saturated carbocycles. The van der Waals surface area contributed by atoms with E-state index in [2.05, 4.69) is 10.3 Å². The lowest BCUT2D eigenvalue weighted by molar-refractivity contribution is -0.116. The Kier molecular flexibility index (Phi) is 6.77. The van der Waals surface area contributed by atoms with Crippen LogP contribution in [0.1, 0.15) is 21.7 Å². The third-order valence-electron chi connectivity index (χ3n) is 6.01. The predicted molar refractivity (Wildman–Crippen MR) is 138 cm³/mol. The molecule has 1 aliphatic rings. The van der Waals surface area contributed by atoms with Crippen LogP contribution in [0.4, 0.5) is 5.82 Å². The van der Waals surface area contributed by atoms with Crippen LogP contribution in [-0.4, -0.2) is 48.0 Å². The molecule has 5 rings (SSSR count). The molecule has 3 N–H and O–H groups in total. The van der Waals surface area contributed by atoms with Gasteiger partial charge in [-0.15, -0.1) is 0 Å². The van der Waals surface area contributed by atoms with Crippen molar-refractivity contribution in [1.29, 1.82) is 0 Å². The second-order valence-corrected chi connectivity index (χ2v) is 8.49. The molecule has 2 aromatic carbocycles. The minimum Gasteiger partial charge on any atom is -0.459 e. The van der Waals surface area contributed by atoms with E-state index in [9.17, 15) is 9.59 Å². The van der Waals surface area contributed by atoms with Crippen LogP contribution in [0.3, 0.4) is 0 Å². The molecule has 3 heterocycles. The highest BCUT2D eigenvalue weighted by Gasteiger charge is 2.19. The Labute approximate surface area is 208 Å². The monoisotopic (exact) mass is 482 g/mol. The SMILES string of the molecule is Nc1ccc(C=CC(=O)NCc2cc3cccc(-c4ccc(C(=O)N5CCOCC5)cc4)c3o2)cn1. The number of carbonyl (C=O) groups is 2. The first-order valence-electron chi connectivity index (χ1n) is 11.7. The first-order valence-corrected chi connectivity index (χ1v) is 11.7. The molecular weight excluding hydrogens is 456 g/mol. The Bertz CT molecular complexity index is 1400. The van der Waals surface area contributed by atoms with Crippen LogP contribution < -0.4 is 11.1 Å². The van der Waals surface area contributed by atoms with Crippen LogP contribution in [-0.2, 0) is 16.1 Å². The second kappa shape index (κ2) is 10.5. The summed E-state index contributed by atoms with van der Waals surface area (Å²) >= 11 is 0. The second-order valence-electron chi connectivity index (χ2n) is 8.49. The zero-order valence-corrected chi connectivity index (χ0v) is 19.6. The van der Waals surface area contributed by atoms with Crippen LogP contribution in [0, 0.1) is 0 Å². The van der Waals surface area contributed by atoms with E-state index in [-0.39, 0.29) is 18.4 Å². The fourth-order valence-corrected chi connectivity index (χ4v) is 4.09. The van der Waals surface area contributed by atoms with E-state index in [1.54, 1.807) is 24.4 Å². The van der Waals surface area contributed by atoms with Crippen molar-refractivity contribution in [3.05, 3.63) is 89.8 Å². The van der Waals surface area contributed by atoms with Crippen molar-refractivity contribution in [2.24, 2.45) is 0 Å². The van der Waals surface area contributed by atoms with Crippen LogP contribution in [0.2, 0.25) is 0 Å². The molecule has 2 amide bonds. The molecule has 0 bridgehead atoms. The zero-order valence-electron chi connectivity index (χ0n) is 19.6. The fraction of sp³-hybridized carbons (Fsp3) is 0.179. The van der Waals surface area contributed by atoms with Crippen LogP contribution in [0.15, 0.2) is 77.4 Å². The molecule has 182 valence electrons. The van der Waals surface area contributed by atoms with E-state index < -0.39 is 0 Å². The molecule has 2 aromatic heterocycles. The first-order chi connectivity index (χ1) is 17.6. The van der Waals surface area contributed by atoms with E-state index in [4.69, 9.17) is 14.9 Å². The topological polar surface area (TPSA) is 111 Å². The van der Waals surface area contributed by atoms with Gasteiger partial charge < -0.3 is 25.1 Å². The minimum absolute atomic E-state index is 0.0146. The number of pyridine rings is 1. The highest BCUT2D eigenvalue weighted by atomic mass is 16.5. The van der Waals surface area contributed by atoms with Crippen LogP contribution in [0.25, 0.3) is 28.2 Å². The summed E-state index contributed by atoms with van der Waals surface area (Å²) in [5.74, 6) is 0.847. The van der Waals surface area contributed by atoms with Gasteiger partial charge in [0, 0.05) is 41.9 Å². The molecule has 8 heteroatoms. The van der Waals surface area contributed by atoms with Gasteiger partial charge in [0.15, 0.2) is 0 Å². The molecule has 8 nitrogen and oxygen atoms in total. The number of hydrogen-bond donors (Lipinski definition) is 2. The number of aromatic nitrogens is 1. The number of para-hydroxylation sites is 1. The van der Waals surface area contributed by atoms with Crippen molar-refractivity contribution in [2.75, 3.05) is 32.0 Å². The molecule has 1 aliphatic heterocycles. The molecule has 36 heavy (non-hydrogen) atoms. The lowest BCUT2D eigenvalue weighted by atomic mass is 10.0. The van der Waals surface area contributed by atoms with E-state index in [1.165, 1.54) is 6.08 Å². The number of carbonyl (C=O) groups excluding carboxylic acids is 2. The maximum absolute atomic E-state index is 12.7. The lowest BCUT2D eigenvalue weighted by Crippen LogP contribution is -2.40. The maximum atomic E-state index is 12.7.